The molecule has 0 bridgehead atoms. The van der Waals surface area contributed by atoms with Gasteiger partial charge >= 0.3 is 0 Å². The molecule has 7 heteroatoms. The van der Waals surface area contributed by atoms with Gasteiger partial charge in [-0.05, 0) is 28.8 Å². The number of nitrogens with one attached hydrogen (secondary N) is 2. The number of guanidine groups is 1. The van der Waals surface area contributed by atoms with Crippen molar-refractivity contribution < 1.29 is 9.47 Å². The van der Waals surface area contributed by atoms with Crippen LogP contribution in [0.15, 0.2) is 53.5 Å². The van der Waals surface area contributed by atoms with Gasteiger partial charge < -0.3 is 20.1 Å². The van der Waals surface area contributed by atoms with Crippen LogP contribution in [0.4, 0.5) is 0 Å². The molecule has 2 N–H and O–H groups in total. The van der Waals surface area contributed by atoms with Crippen molar-refractivity contribution in [3.8, 4) is 5.75 Å². The highest BCUT2D eigenvalue weighted by Gasteiger charge is 2.10. The van der Waals surface area contributed by atoms with Gasteiger partial charge in [-0.25, -0.2) is 0 Å². The van der Waals surface area contributed by atoms with Gasteiger partial charge in [-0.15, -0.1) is 24.0 Å². The quantitative estimate of drug-likeness (QED) is 0.341. The minimum absolute atomic E-state index is 0. The molecule has 2 aromatic rings. The number of nitrogens with zero attached hydrogens (tertiary/aromatic N) is 2. The Bertz CT molecular complexity index is 762. The minimum Gasteiger partial charge on any atom is -0.497 e. The van der Waals surface area contributed by atoms with Crippen LogP contribution in [-0.4, -0.2) is 51.3 Å². The number of hydrogen-bond acceptors (Lipinski definition) is 4. The highest BCUT2D eigenvalue weighted by Crippen LogP contribution is 2.11. The maximum atomic E-state index is 5.43. The van der Waals surface area contributed by atoms with Crippen molar-refractivity contribution in [3.63, 3.8) is 0 Å². The first-order chi connectivity index (χ1) is 13.8. The maximum absolute atomic E-state index is 5.43. The molecule has 3 rings (SSSR count). The SMILES string of the molecule is CN=C(NCc1ccc(OC)cc1)NCc1cccc(CN2CCOCC2)c1.I. The van der Waals surface area contributed by atoms with Gasteiger partial charge in [0.05, 0.1) is 20.3 Å². The third-order valence-electron chi connectivity index (χ3n) is 4.80. The maximum Gasteiger partial charge on any atom is 0.191 e. The number of rotatable bonds is 7. The summed E-state index contributed by atoms with van der Waals surface area (Å²) in [5.41, 5.74) is 3.76. The van der Waals surface area contributed by atoms with Gasteiger partial charge in [-0.3, -0.25) is 9.89 Å². The second-order valence-electron chi connectivity index (χ2n) is 6.84. The Morgan fingerprint density at radius 3 is 2.31 bits per heavy atom. The molecule has 1 aliphatic rings. The van der Waals surface area contributed by atoms with Gasteiger partial charge in [0.25, 0.3) is 0 Å². The molecular formula is C22H31IN4O2. The number of morpholine rings is 1. The number of methoxy groups -OCH3 is 1. The predicted molar refractivity (Wildman–Crippen MR) is 128 cm³/mol. The molecule has 0 spiro atoms. The molecule has 1 fully saturated rings. The number of aliphatic imine (C=N–C) groups is 1. The van der Waals surface area contributed by atoms with E-state index < -0.39 is 0 Å². The molecule has 0 unspecified atom stereocenters. The average Bonchev–Trinajstić information content (AvgIpc) is 2.75. The molecule has 0 atom stereocenters. The fourth-order valence-corrected chi connectivity index (χ4v) is 3.19. The number of hydrogen-bond donors (Lipinski definition) is 2. The van der Waals surface area contributed by atoms with Crippen molar-refractivity contribution in [2.75, 3.05) is 40.5 Å². The molecular weight excluding hydrogens is 479 g/mol. The van der Waals surface area contributed by atoms with Crippen LogP contribution in [0.3, 0.4) is 0 Å². The Morgan fingerprint density at radius 2 is 1.66 bits per heavy atom. The Labute approximate surface area is 190 Å². The monoisotopic (exact) mass is 510 g/mol. The van der Waals surface area contributed by atoms with Gasteiger partial charge in [0.1, 0.15) is 5.75 Å². The summed E-state index contributed by atoms with van der Waals surface area (Å²) in [4.78, 5) is 6.75. The highest BCUT2D eigenvalue weighted by atomic mass is 127. The molecule has 1 heterocycles. The van der Waals surface area contributed by atoms with Crippen molar-refractivity contribution in [2.24, 2.45) is 4.99 Å². The molecule has 29 heavy (non-hydrogen) atoms. The van der Waals surface area contributed by atoms with Crippen LogP contribution < -0.4 is 15.4 Å². The number of ether oxygens (including phenoxy) is 2. The molecule has 0 radical (unpaired) electrons. The Morgan fingerprint density at radius 1 is 1.00 bits per heavy atom. The summed E-state index contributed by atoms with van der Waals surface area (Å²) in [7, 11) is 3.47. The van der Waals surface area contributed by atoms with Crippen LogP contribution in [0.5, 0.6) is 5.75 Å². The van der Waals surface area contributed by atoms with E-state index in [9.17, 15) is 0 Å². The Kier molecular flexibility index (Phi) is 10.2. The standard InChI is InChI=1S/C22H30N4O2.HI/c1-23-22(24-15-18-6-8-21(27-2)9-7-18)25-16-19-4-3-5-20(14-19)17-26-10-12-28-13-11-26;/h3-9,14H,10-13,15-17H2,1-2H3,(H2,23,24,25);1H. The van der Waals surface area contributed by atoms with Crippen LogP contribution >= 0.6 is 24.0 Å². The smallest absolute Gasteiger partial charge is 0.191 e. The van der Waals surface area contributed by atoms with Gasteiger partial charge in [-0.1, -0.05) is 36.4 Å². The predicted octanol–water partition coefficient (Wildman–Crippen LogP) is 3.01. The van der Waals surface area contributed by atoms with Gasteiger partial charge in [0.2, 0.25) is 0 Å². The van der Waals surface area contributed by atoms with Crippen LogP contribution in [0.2, 0.25) is 0 Å². The third kappa shape index (κ3) is 7.83. The molecule has 0 aliphatic carbocycles. The van der Waals surface area contributed by atoms with Crippen molar-refractivity contribution in [1.29, 1.82) is 0 Å². The third-order valence-corrected chi connectivity index (χ3v) is 4.80. The van der Waals surface area contributed by atoms with Crippen molar-refractivity contribution in [2.45, 2.75) is 19.6 Å². The lowest BCUT2D eigenvalue weighted by molar-refractivity contribution is 0.0342. The first kappa shape index (κ1) is 23.4. The summed E-state index contributed by atoms with van der Waals surface area (Å²) >= 11 is 0. The molecule has 0 aromatic heterocycles. The summed E-state index contributed by atoms with van der Waals surface area (Å²) in [6, 6.07) is 16.8. The van der Waals surface area contributed by atoms with Crippen molar-refractivity contribution >= 4 is 29.9 Å². The van der Waals surface area contributed by atoms with E-state index in [-0.39, 0.29) is 24.0 Å². The topological polar surface area (TPSA) is 58.1 Å². The van der Waals surface area contributed by atoms with E-state index in [1.807, 2.05) is 24.3 Å². The lowest BCUT2D eigenvalue weighted by atomic mass is 10.1. The average molecular weight is 510 g/mol. The van der Waals surface area contributed by atoms with E-state index >= 15 is 0 Å². The second kappa shape index (κ2) is 12.7. The van der Waals surface area contributed by atoms with Crippen molar-refractivity contribution in [3.05, 3.63) is 65.2 Å². The van der Waals surface area contributed by atoms with Gasteiger partial charge in [0, 0.05) is 39.8 Å². The van der Waals surface area contributed by atoms with Crippen LogP contribution in [0.25, 0.3) is 0 Å². The first-order valence-electron chi connectivity index (χ1n) is 9.72. The number of benzene rings is 2. The molecule has 1 aliphatic heterocycles. The Hall–Kier alpha value is -1.84. The lowest BCUT2D eigenvalue weighted by Crippen LogP contribution is -2.36. The molecule has 0 amide bonds. The van der Waals surface area contributed by atoms with E-state index in [0.29, 0.717) is 6.54 Å². The van der Waals surface area contributed by atoms with Gasteiger partial charge in [0.15, 0.2) is 5.96 Å². The van der Waals surface area contributed by atoms with E-state index in [1.54, 1.807) is 14.2 Å². The summed E-state index contributed by atoms with van der Waals surface area (Å²) in [5.74, 6) is 1.65. The lowest BCUT2D eigenvalue weighted by Gasteiger charge is -2.26. The summed E-state index contributed by atoms with van der Waals surface area (Å²) in [5, 5.41) is 6.74. The van der Waals surface area contributed by atoms with E-state index in [4.69, 9.17) is 9.47 Å². The highest BCUT2D eigenvalue weighted by molar-refractivity contribution is 14.0. The largest absolute Gasteiger partial charge is 0.497 e. The van der Waals surface area contributed by atoms with Crippen LogP contribution in [0, 0.1) is 0 Å². The normalized spacial score (nSPS) is 14.8. The summed E-state index contributed by atoms with van der Waals surface area (Å²) in [6.07, 6.45) is 0. The minimum atomic E-state index is 0. The van der Waals surface area contributed by atoms with Crippen LogP contribution in [-0.2, 0) is 24.4 Å². The zero-order valence-electron chi connectivity index (χ0n) is 17.2. The van der Waals surface area contributed by atoms with E-state index in [1.165, 1.54) is 16.7 Å². The summed E-state index contributed by atoms with van der Waals surface area (Å²) in [6.45, 7) is 6.09. The fraction of sp³-hybridized carbons (Fsp3) is 0.409. The van der Waals surface area contributed by atoms with Crippen LogP contribution in [0.1, 0.15) is 16.7 Å². The van der Waals surface area contributed by atoms with E-state index in [2.05, 4.69) is 44.8 Å². The molecule has 0 saturated carbocycles. The molecule has 1 saturated heterocycles. The van der Waals surface area contributed by atoms with Gasteiger partial charge in [-0.2, -0.15) is 0 Å². The molecule has 6 nitrogen and oxygen atoms in total. The first-order valence-corrected chi connectivity index (χ1v) is 9.72. The fourth-order valence-electron chi connectivity index (χ4n) is 3.19. The van der Waals surface area contributed by atoms with E-state index in [0.717, 1.165) is 51.1 Å². The number of halogens is 1. The zero-order chi connectivity index (χ0) is 19.6. The second-order valence-corrected chi connectivity index (χ2v) is 6.84. The Balaban J connectivity index is 0.00000300. The van der Waals surface area contributed by atoms with Crippen molar-refractivity contribution in [1.82, 2.24) is 15.5 Å². The molecule has 2 aromatic carbocycles. The molecule has 158 valence electrons. The zero-order valence-corrected chi connectivity index (χ0v) is 19.5. The summed E-state index contributed by atoms with van der Waals surface area (Å²) < 4.78 is 10.6.